The van der Waals surface area contributed by atoms with Gasteiger partial charge in [-0.05, 0) is 54.1 Å². The van der Waals surface area contributed by atoms with Gasteiger partial charge in [-0.1, -0.05) is 23.7 Å². The average Bonchev–Trinajstić information content (AvgIpc) is 2.87. The molecule has 0 atom stereocenters. The molecule has 0 aliphatic carbocycles. The number of rotatable bonds is 7. The topological polar surface area (TPSA) is 148 Å². The molecule has 5 amide bonds. The zero-order valence-corrected chi connectivity index (χ0v) is 19.9. The summed E-state index contributed by atoms with van der Waals surface area (Å²) in [4.78, 5) is 60.8. The molecule has 38 heavy (non-hydrogen) atoms. The van der Waals surface area contributed by atoms with Gasteiger partial charge >= 0.3 is 6.03 Å². The molecule has 0 bridgehead atoms. The van der Waals surface area contributed by atoms with Crippen LogP contribution in [-0.4, -0.2) is 35.3 Å². The fourth-order valence-electron chi connectivity index (χ4n) is 3.40. The Labute approximate surface area is 218 Å². The monoisotopic (exact) mass is 538 g/mol. The van der Waals surface area contributed by atoms with Crippen molar-refractivity contribution in [3.8, 4) is 5.75 Å². The Kier molecular flexibility index (Phi) is 7.44. The second-order valence-corrected chi connectivity index (χ2v) is 8.18. The number of benzene rings is 3. The fraction of sp³-hybridized carbons (Fsp3) is 0.0400. The number of imide groups is 2. The number of carbonyl (C=O) groups excluding carboxylic acids is 4. The van der Waals surface area contributed by atoms with E-state index in [1.54, 1.807) is 0 Å². The van der Waals surface area contributed by atoms with Crippen molar-refractivity contribution < 1.29 is 33.2 Å². The zero-order chi connectivity index (χ0) is 27.4. The number of non-ortho nitro benzene ring substituents is 1. The van der Waals surface area contributed by atoms with Crippen LogP contribution in [0, 0.1) is 15.9 Å². The highest BCUT2D eigenvalue weighted by Crippen LogP contribution is 2.29. The van der Waals surface area contributed by atoms with Gasteiger partial charge in [0.2, 0.25) is 0 Å². The minimum atomic E-state index is -1.06. The lowest BCUT2D eigenvalue weighted by Gasteiger charge is -2.26. The molecule has 1 aliphatic rings. The third kappa shape index (κ3) is 5.82. The van der Waals surface area contributed by atoms with Gasteiger partial charge in [0, 0.05) is 17.8 Å². The molecule has 0 aromatic heterocycles. The van der Waals surface area contributed by atoms with Gasteiger partial charge in [-0.2, -0.15) is 0 Å². The van der Waals surface area contributed by atoms with Crippen LogP contribution in [0.3, 0.4) is 0 Å². The summed E-state index contributed by atoms with van der Waals surface area (Å²) in [5, 5.41) is 15.7. The van der Waals surface area contributed by atoms with Crippen molar-refractivity contribution in [1.29, 1.82) is 0 Å². The normalized spacial score (nSPS) is 14.3. The molecule has 0 radical (unpaired) electrons. The maximum Gasteiger partial charge on any atom is 0.335 e. The molecule has 11 nitrogen and oxygen atoms in total. The molecule has 0 unspecified atom stereocenters. The maximum absolute atomic E-state index is 13.0. The summed E-state index contributed by atoms with van der Waals surface area (Å²) in [6.07, 6.45) is 1.19. The van der Waals surface area contributed by atoms with Crippen molar-refractivity contribution in [1.82, 2.24) is 5.32 Å². The van der Waals surface area contributed by atoms with Crippen LogP contribution in [0.4, 0.5) is 26.2 Å². The Morgan fingerprint density at radius 3 is 2.53 bits per heavy atom. The van der Waals surface area contributed by atoms with Gasteiger partial charge in [-0.25, -0.2) is 14.1 Å². The summed E-state index contributed by atoms with van der Waals surface area (Å²) >= 11 is 6.23. The summed E-state index contributed by atoms with van der Waals surface area (Å²) in [6.45, 7) is -0.404. The van der Waals surface area contributed by atoms with E-state index in [0.717, 1.165) is 6.07 Å². The van der Waals surface area contributed by atoms with Crippen LogP contribution in [0.2, 0.25) is 5.02 Å². The minimum absolute atomic E-state index is 0.0595. The Morgan fingerprint density at radius 2 is 1.84 bits per heavy atom. The average molecular weight is 539 g/mol. The van der Waals surface area contributed by atoms with Gasteiger partial charge in [-0.15, -0.1) is 0 Å². The van der Waals surface area contributed by atoms with E-state index in [1.807, 2.05) is 5.32 Å². The molecule has 3 aromatic rings. The predicted molar refractivity (Wildman–Crippen MR) is 134 cm³/mol. The molecule has 192 valence electrons. The number of anilines is 2. The first kappa shape index (κ1) is 26.0. The van der Waals surface area contributed by atoms with E-state index < -0.39 is 46.7 Å². The van der Waals surface area contributed by atoms with Crippen LogP contribution in [0.1, 0.15) is 5.56 Å². The largest absolute Gasteiger partial charge is 0.482 e. The number of amides is 5. The van der Waals surface area contributed by atoms with Gasteiger partial charge in [0.15, 0.2) is 6.61 Å². The predicted octanol–water partition coefficient (Wildman–Crippen LogP) is 4.07. The van der Waals surface area contributed by atoms with Crippen LogP contribution >= 0.6 is 11.6 Å². The van der Waals surface area contributed by atoms with Gasteiger partial charge in [-0.3, -0.25) is 29.8 Å². The number of hydrogen-bond acceptors (Lipinski definition) is 7. The third-order valence-corrected chi connectivity index (χ3v) is 5.45. The molecule has 1 aliphatic heterocycles. The summed E-state index contributed by atoms with van der Waals surface area (Å²) in [7, 11) is 0. The van der Waals surface area contributed by atoms with Crippen LogP contribution < -0.4 is 20.3 Å². The molecule has 3 aromatic carbocycles. The van der Waals surface area contributed by atoms with Crippen molar-refractivity contribution in [2.75, 3.05) is 16.8 Å². The SMILES string of the molecule is O=C(COc1ccc(/C=C2/C(=O)NC(=O)N(c3cccc([N+](=O)[O-])c3)C2=O)cc1Cl)Nc1ccc(F)cc1. The molecule has 13 heteroatoms. The first-order valence-electron chi connectivity index (χ1n) is 10.8. The highest BCUT2D eigenvalue weighted by atomic mass is 35.5. The van der Waals surface area contributed by atoms with E-state index in [-0.39, 0.29) is 22.1 Å². The molecule has 1 saturated heterocycles. The first-order chi connectivity index (χ1) is 18.1. The van der Waals surface area contributed by atoms with Crippen LogP contribution in [0.25, 0.3) is 6.08 Å². The van der Waals surface area contributed by atoms with E-state index >= 15 is 0 Å². The first-order valence-corrected chi connectivity index (χ1v) is 11.1. The van der Waals surface area contributed by atoms with Gasteiger partial charge in [0.25, 0.3) is 23.4 Å². The van der Waals surface area contributed by atoms with E-state index in [2.05, 4.69) is 5.32 Å². The van der Waals surface area contributed by atoms with Crippen molar-refractivity contribution in [2.45, 2.75) is 0 Å². The number of nitro groups is 1. The molecule has 2 N–H and O–H groups in total. The lowest BCUT2D eigenvalue weighted by atomic mass is 10.1. The number of carbonyl (C=O) groups is 4. The Hall–Kier alpha value is -5.10. The third-order valence-electron chi connectivity index (χ3n) is 5.15. The van der Waals surface area contributed by atoms with Gasteiger partial charge in [0.1, 0.15) is 17.1 Å². The highest BCUT2D eigenvalue weighted by Gasteiger charge is 2.37. The molecular weight excluding hydrogens is 523 g/mol. The number of urea groups is 1. The van der Waals surface area contributed by atoms with Crippen LogP contribution in [0.15, 0.2) is 72.3 Å². The second kappa shape index (κ2) is 10.9. The number of barbiturate groups is 1. The number of nitrogens with zero attached hydrogens (tertiary/aromatic N) is 2. The molecule has 4 rings (SSSR count). The van der Waals surface area contributed by atoms with Crippen molar-refractivity contribution in [3.63, 3.8) is 0 Å². The Morgan fingerprint density at radius 1 is 1.11 bits per heavy atom. The molecule has 0 spiro atoms. The lowest BCUT2D eigenvalue weighted by Crippen LogP contribution is -2.54. The standard InChI is InChI=1S/C25H16ClFN4O7/c26-20-11-14(4-9-21(20)38-13-22(32)28-16-7-5-15(27)6-8-16)10-19-23(33)29-25(35)30(24(19)34)17-2-1-3-18(12-17)31(36)37/h1-12H,13H2,(H,28,32)(H,29,33,35)/b19-10-. The summed E-state index contributed by atoms with van der Waals surface area (Å²) in [5.74, 6) is -2.79. The van der Waals surface area contributed by atoms with E-state index in [9.17, 15) is 33.7 Å². The zero-order valence-electron chi connectivity index (χ0n) is 19.1. The summed E-state index contributed by atoms with van der Waals surface area (Å²) in [6, 6.07) is 13.2. The van der Waals surface area contributed by atoms with Crippen LogP contribution in [0.5, 0.6) is 5.75 Å². The summed E-state index contributed by atoms with van der Waals surface area (Å²) < 4.78 is 18.4. The lowest BCUT2D eigenvalue weighted by molar-refractivity contribution is -0.384. The number of nitro benzene ring substituents is 1. The molecule has 1 fully saturated rings. The molecule has 1 heterocycles. The van der Waals surface area contributed by atoms with Crippen molar-refractivity contribution >= 4 is 58.5 Å². The molecular formula is C25H16ClFN4O7. The number of halogens is 2. The fourth-order valence-corrected chi connectivity index (χ4v) is 3.65. The molecule has 0 saturated carbocycles. The highest BCUT2D eigenvalue weighted by molar-refractivity contribution is 6.39. The van der Waals surface area contributed by atoms with Gasteiger partial charge < -0.3 is 10.1 Å². The van der Waals surface area contributed by atoms with E-state index in [4.69, 9.17) is 16.3 Å². The van der Waals surface area contributed by atoms with Crippen molar-refractivity contribution in [2.24, 2.45) is 0 Å². The second-order valence-electron chi connectivity index (χ2n) is 7.77. The smallest absolute Gasteiger partial charge is 0.335 e. The number of hydrogen-bond donors (Lipinski definition) is 2. The number of ether oxygens (including phenoxy) is 1. The Balaban J connectivity index is 1.49. The van der Waals surface area contributed by atoms with E-state index in [0.29, 0.717) is 16.2 Å². The quantitative estimate of drug-likeness (QED) is 0.199. The van der Waals surface area contributed by atoms with Crippen LogP contribution in [-0.2, 0) is 14.4 Å². The van der Waals surface area contributed by atoms with E-state index in [1.165, 1.54) is 66.7 Å². The van der Waals surface area contributed by atoms with Crippen molar-refractivity contribution in [3.05, 3.63) is 98.8 Å². The Bertz CT molecular complexity index is 1510. The van der Waals surface area contributed by atoms with Gasteiger partial charge in [0.05, 0.1) is 15.6 Å². The minimum Gasteiger partial charge on any atom is -0.482 e. The number of nitrogens with one attached hydrogen (secondary N) is 2. The summed E-state index contributed by atoms with van der Waals surface area (Å²) in [5.41, 5.74) is -0.189. The maximum atomic E-state index is 13.0.